The number of amides is 5. The molecule has 1 aliphatic heterocycles. The quantitative estimate of drug-likeness (QED) is 0.117. The number of rotatable bonds is 12. The summed E-state index contributed by atoms with van der Waals surface area (Å²) >= 11 is 0. The van der Waals surface area contributed by atoms with Gasteiger partial charge in [0.05, 0.1) is 11.8 Å². The third-order valence-electron chi connectivity index (χ3n) is 10.1. The van der Waals surface area contributed by atoms with E-state index >= 15 is 0 Å². The predicted molar refractivity (Wildman–Crippen MR) is 178 cm³/mol. The highest BCUT2D eigenvalue weighted by Gasteiger charge is 2.54. The topological polar surface area (TPSA) is 176 Å². The third-order valence-corrected chi connectivity index (χ3v) is 10.1. The minimum Gasteiger partial charge on any atom is -0.410 e. The number of urea groups is 1. The molecular weight excluding hydrogens is 598 g/mol. The monoisotopic (exact) mass is 641 g/mol. The van der Waals surface area contributed by atoms with E-state index in [0.717, 1.165) is 36.8 Å². The van der Waals surface area contributed by atoms with E-state index in [1.807, 2.05) is 56.3 Å². The Hall–Kier alpha value is -4.74. The molecule has 3 fully saturated rings. The van der Waals surface area contributed by atoms with Gasteiger partial charge in [0, 0.05) is 30.8 Å². The molecule has 4 aliphatic rings. The van der Waals surface area contributed by atoms with E-state index in [9.17, 15) is 24.4 Å². The molecule has 5 amide bonds. The Bertz CT molecular complexity index is 1610. The molecule has 3 atom stereocenters. The smallest absolute Gasteiger partial charge is 0.318 e. The molecule has 12 nitrogen and oxygen atoms in total. The molecule has 6 rings (SSSR count). The van der Waals surface area contributed by atoms with Gasteiger partial charge in [-0.25, -0.2) is 4.79 Å². The maximum Gasteiger partial charge on any atom is 0.318 e. The molecule has 2 aromatic rings. The maximum absolute atomic E-state index is 14.1. The molecule has 47 heavy (non-hydrogen) atoms. The lowest BCUT2D eigenvalue weighted by atomic mass is 9.88. The van der Waals surface area contributed by atoms with Crippen molar-refractivity contribution < 1.29 is 24.4 Å². The number of carbonyl (C=O) groups excluding carboxylic acids is 4. The van der Waals surface area contributed by atoms with Crippen LogP contribution in [0.3, 0.4) is 0 Å². The van der Waals surface area contributed by atoms with Gasteiger partial charge in [0.15, 0.2) is 5.71 Å². The average Bonchev–Trinajstić information content (AvgIpc) is 3.97. The minimum atomic E-state index is -1.17. The summed E-state index contributed by atoms with van der Waals surface area (Å²) in [6.45, 7) is 5.83. The zero-order chi connectivity index (χ0) is 33.5. The van der Waals surface area contributed by atoms with Crippen LogP contribution in [0.1, 0.15) is 57.6 Å². The number of nitrogens with one attached hydrogen (secondary N) is 5. The Morgan fingerprint density at radius 2 is 1.64 bits per heavy atom. The molecule has 2 saturated carbocycles. The van der Waals surface area contributed by atoms with Gasteiger partial charge >= 0.3 is 6.03 Å². The van der Waals surface area contributed by atoms with Crippen molar-refractivity contribution in [1.82, 2.24) is 15.5 Å². The van der Waals surface area contributed by atoms with Crippen molar-refractivity contribution >= 4 is 46.6 Å². The van der Waals surface area contributed by atoms with Crippen molar-refractivity contribution in [2.45, 2.75) is 76.9 Å². The predicted octanol–water partition coefficient (Wildman–Crippen LogP) is 3.94. The Balaban J connectivity index is 1.26. The fraction of sp³-hybridized carbons (Fsp3) is 0.486. The number of oxime groups is 1. The fourth-order valence-electron chi connectivity index (χ4n) is 7.23. The number of hydrogen-bond donors (Lipinski definition) is 6. The van der Waals surface area contributed by atoms with Crippen LogP contribution in [0.2, 0.25) is 0 Å². The number of para-hydroxylation sites is 1. The average molecular weight is 642 g/mol. The molecule has 0 aromatic heterocycles. The molecule has 12 heteroatoms. The van der Waals surface area contributed by atoms with Gasteiger partial charge in [0.1, 0.15) is 11.6 Å². The number of benzene rings is 2. The van der Waals surface area contributed by atoms with E-state index in [0.29, 0.717) is 36.2 Å². The van der Waals surface area contributed by atoms with Gasteiger partial charge in [0.2, 0.25) is 5.91 Å². The molecule has 2 aromatic carbocycles. The molecule has 6 N–H and O–H groups in total. The molecule has 0 spiro atoms. The second-order valence-corrected chi connectivity index (χ2v) is 13.9. The van der Waals surface area contributed by atoms with Crippen LogP contribution in [0.5, 0.6) is 0 Å². The minimum absolute atomic E-state index is 0.0590. The van der Waals surface area contributed by atoms with Crippen molar-refractivity contribution in [3.05, 3.63) is 59.7 Å². The molecular formula is C35H43N7O5. The lowest BCUT2D eigenvalue weighted by molar-refractivity contribution is -0.125. The van der Waals surface area contributed by atoms with Crippen LogP contribution in [0.25, 0.3) is 0 Å². The lowest BCUT2D eigenvalue weighted by Gasteiger charge is -2.36. The number of nitrogens with zero attached hydrogens (tertiary/aromatic N) is 2. The largest absolute Gasteiger partial charge is 0.410 e. The summed E-state index contributed by atoms with van der Waals surface area (Å²) in [5.41, 5.74) is 1.12. The van der Waals surface area contributed by atoms with Gasteiger partial charge in [-0.3, -0.25) is 14.4 Å². The van der Waals surface area contributed by atoms with E-state index in [4.69, 9.17) is 5.41 Å². The van der Waals surface area contributed by atoms with E-state index in [1.165, 1.54) is 6.92 Å². The van der Waals surface area contributed by atoms with E-state index in [-0.39, 0.29) is 47.9 Å². The van der Waals surface area contributed by atoms with Crippen LogP contribution < -0.4 is 21.3 Å². The first kappa shape index (κ1) is 32.2. The van der Waals surface area contributed by atoms with Crippen LogP contribution >= 0.6 is 0 Å². The summed E-state index contributed by atoms with van der Waals surface area (Å²) < 4.78 is 0. The molecule has 0 radical (unpaired) electrons. The summed E-state index contributed by atoms with van der Waals surface area (Å²) in [6, 6.07) is 13.5. The van der Waals surface area contributed by atoms with E-state index < -0.39 is 23.2 Å². The number of hydrogen-bond acceptors (Lipinski definition) is 7. The Morgan fingerprint density at radius 1 is 0.979 bits per heavy atom. The molecule has 1 saturated heterocycles. The number of fused-ring (bicyclic) bond motifs is 1. The van der Waals surface area contributed by atoms with Gasteiger partial charge < -0.3 is 36.8 Å². The summed E-state index contributed by atoms with van der Waals surface area (Å²) in [7, 11) is 0. The highest BCUT2D eigenvalue weighted by Crippen LogP contribution is 2.51. The highest BCUT2D eigenvalue weighted by atomic mass is 16.4. The summed E-state index contributed by atoms with van der Waals surface area (Å²) in [5.74, 6) is -0.651. The summed E-state index contributed by atoms with van der Waals surface area (Å²) in [6.07, 6.45) is 4.53. The Morgan fingerprint density at radius 3 is 2.21 bits per heavy atom. The van der Waals surface area contributed by atoms with Crippen LogP contribution in [-0.2, 0) is 27.2 Å². The Labute approximate surface area is 274 Å². The molecule has 248 valence electrons. The summed E-state index contributed by atoms with van der Waals surface area (Å²) in [4.78, 5) is 56.1. The lowest BCUT2D eigenvalue weighted by Crippen LogP contribution is -2.59. The third kappa shape index (κ3) is 6.59. The van der Waals surface area contributed by atoms with Gasteiger partial charge in [-0.1, -0.05) is 43.3 Å². The fourth-order valence-corrected chi connectivity index (χ4v) is 7.23. The van der Waals surface area contributed by atoms with Gasteiger partial charge in [-0.15, -0.1) is 0 Å². The van der Waals surface area contributed by atoms with Crippen LogP contribution in [0, 0.1) is 29.1 Å². The first-order chi connectivity index (χ1) is 22.5. The van der Waals surface area contributed by atoms with E-state index in [1.54, 1.807) is 11.0 Å². The van der Waals surface area contributed by atoms with Crippen LogP contribution in [-0.4, -0.2) is 69.5 Å². The van der Waals surface area contributed by atoms with Gasteiger partial charge in [0.25, 0.3) is 11.8 Å². The first-order valence-electron chi connectivity index (χ1n) is 16.5. The van der Waals surface area contributed by atoms with Crippen molar-refractivity contribution in [2.75, 3.05) is 17.2 Å². The maximum atomic E-state index is 14.1. The standard InChI is InChI=1S/C35H43N7O5/c1-19(2)27-18-42(34(46)39-27)35(33(45)38-25-7-5-4-6-8-25)16-23-13-14-26(15-24(23)17-35)37-32(44)30(28(21-9-10-21)22-11-12-22)40-31(43)29(41-47)20(3)36/h4-8,13-15,19,21-22,27-28,30,36,47H,9-12,16-18H2,1-3H3,(H,37,44)(H,38,45)(H,39,46)(H,40,43)/t27-,30-,35?/m0/s1. The van der Waals surface area contributed by atoms with Gasteiger partial charge in [-0.2, -0.15) is 0 Å². The molecule has 1 heterocycles. The first-order valence-corrected chi connectivity index (χ1v) is 16.5. The van der Waals surface area contributed by atoms with Crippen molar-refractivity contribution in [3.63, 3.8) is 0 Å². The van der Waals surface area contributed by atoms with Gasteiger partial charge in [-0.05, 0) is 91.7 Å². The second kappa shape index (κ2) is 12.8. The molecule has 3 aliphatic carbocycles. The van der Waals surface area contributed by atoms with Crippen LogP contribution in [0.15, 0.2) is 53.7 Å². The van der Waals surface area contributed by atoms with E-state index in [2.05, 4.69) is 26.4 Å². The van der Waals surface area contributed by atoms with Crippen molar-refractivity contribution in [3.8, 4) is 0 Å². The van der Waals surface area contributed by atoms with Crippen LogP contribution in [0.4, 0.5) is 16.2 Å². The second-order valence-electron chi connectivity index (χ2n) is 13.9. The Kier molecular flexibility index (Phi) is 8.78. The number of anilines is 2. The highest BCUT2D eigenvalue weighted by molar-refractivity contribution is 6.65. The zero-order valence-corrected chi connectivity index (χ0v) is 27.0. The van der Waals surface area contributed by atoms with Crippen molar-refractivity contribution in [1.29, 1.82) is 5.41 Å². The zero-order valence-electron chi connectivity index (χ0n) is 27.0. The van der Waals surface area contributed by atoms with Crippen molar-refractivity contribution in [2.24, 2.45) is 28.8 Å². The molecule has 1 unspecified atom stereocenters. The normalized spacial score (nSPS) is 22.9. The molecule has 0 bridgehead atoms. The summed E-state index contributed by atoms with van der Waals surface area (Å²) in [5, 5.41) is 32.0. The number of carbonyl (C=O) groups is 4. The SMILES string of the molecule is CC(=N)C(=NO)C(=O)N[C@H](C(=O)Nc1ccc2c(c1)CC(C(=O)Nc1ccccc1)(N1C[C@@H](C(C)C)NC1=O)C2)C(C1CC1)C1CC1.